The van der Waals surface area contributed by atoms with Gasteiger partial charge in [0.2, 0.25) is 0 Å². The molecule has 0 aromatic heterocycles. The zero-order chi connectivity index (χ0) is 7.33. The summed E-state index contributed by atoms with van der Waals surface area (Å²) in [4.78, 5) is 0. The molecule has 0 saturated heterocycles. The Morgan fingerprint density at radius 3 is 2.22 bits per heavy atom. The molecule has 0 fully saturated rings. The van der Waals surface area contributed by atoms with Crippen LogP contribution >= 0.6 is 33.2 Å². The van der Waals surface area contributed by atoms with Crippen LogP contribution in [-0.4, -0.2) is 18.9 Å². The topological polar surface area (TPSA) is 0 Å². The van der Waals surface area contributed by atoms with Crippen LogP contribution in [0.15, 0.2) is 0 Å². The van der Waals surface area contributed by atoms with Crippen LogP contribution in [0.4, 0.5) is 0 Å². The zero-order valence-electron chi connectivity index (χ0n) is 5.16. The van der Waals surface area contributed by atoms with E-state index in [4.69, 9.17) is 33.2 Å². The Morgan fingerprint density at radius 2 is 1.89 bits per heavy atom. The van der Waals surface area contributed by atoms with E-state index in [1.54, 1.807) is 0 Å². The second kappa shape index (κ2) is 5.28. The summed E-state index contributed by atoms with van der Waals surface area (Å²) in [7, 11) is 0. The molecule has 0 rings (SSSR count). The molecule has 0 radical (unpaired) electrons. The second-order valence-corrected chi connectivity index (χ2v) is 20.8. The minimum atomic E-state index is -2.22. The van der Waals surface area contributed by atoms with Crippen LogP contribution in [0.2, 0.25) is 5.32 Å². The average molecular weight is 271 g/mol. The van der Waals surface area contributed by atoms with E-state index in [0.717, 1.165) is 5.32 Å². The Balaban J connectivity index is 3.07. The van der Waals surface area contributed by atoms with Crippen molar-refractivity contribution < 1.29 is 0 Å². The van der Waals surface area contributed by atoms with Crippen molar-refractivity contribution in [3.63, 3.8) is 0 Å². The monoisotopic (exact) mass is 270 g/mol. The third-order valence-electron chi connectivity index (χ3n) is 0.764. The predicted molar refractivity (Wildman–Crippen MR) is 48.8 cm³/mol. The maximum atomic E-state index is 5.67. The minimum absolute atomic E-state index is 0.299. The second-order valence-electron chi connectivity index (χ2n) is 1.65. The van der Waals surface area contributed by atoms with Gasteiger partial charge in [-0.3, -0.25) is 0 Å². The van der Waals surface area contributed by atoms with Gasteiger partial charge >= 0.3 is 77.2 Å². The van der Waals surface area contributed by atoms with Crippen molar-refractivity contribution in [1.29, 1.82) is 0 Å². The van der Waals surface area contributed by atoms with Crippen LogP contribution in [0.25, 0.3) is 0 Å². The zero-order valence-corrected chi connectivity index (χ0v) is 10.1. The van der Waals surface area contributed by atoms with E-state index >= 15 is 0 Å². The van der Waals surface area contributed by atoms with Crippen molar-refractivity contribution in [3.8, 4) is 0 Å². The molecule has 0 aromatic carbocycles. The van der Waals surface area contributed by atoms with Crippen molar-refractivity contribution in [2.24, 2.45) is 0 Å². The fraction of sp³-hybridized carbons (Fsp3) is 1.00. The van der Waals surface area contributed by atoms with E-state index in [2.05, 4.69) is 6.92 Å². The van der Waals surface area contributed by atoms with E-state index in [0.29, 0.717) is 14.3 Å². The Hall–Kier alpha value is 1.61. The summed E-state index contributed by atoms with van der Waals surface area (Å²) < 4.78 is -2.22. The summed E-state index contributed by atoms with van der Waals surface area (Å²) in [6.07, 6.45) is 2.41. The summed E-state index contributed by atoms with van der Waals surface area (Å²) in [5.41, 5.74) is 0. The molecule has 0 nitrogen and oxygen atoms in total. The number of hydrogen-bond donors (Lipinski definition) is 0. The number of halogens is 3. The van der Waals surface area contributed by atoms with Crippen molar-refractivity contribution in [3.05, 3.63) is 0 Å². The van der Waals surface area contributed by atoms with Crippen LogP contribution in [-0.2, 0) is 0 Å². The van der Waals surface area contributed by atoms with Crippen LogP contribution < -0.4 is 0 Å². The fourth-order valence-corrected chi connectivity index (χ4v) is 7.29. The van der Waals surface area contributed by atoms with Gasteiger partial charge in [0.15, 0.2) is 0 Å². The molecular formula is C4H9Cl3SeSi. The first-order chi connectivity index (χ1) is 4.06. The van der Waals surface area contributed by atoms with Crippen molar-refractivity contribution >= 4 is 52.2 Å². The normalized spacial score (nSPS) is 12.0. The van der Waals surface area contributed by atoms with Gasteiger partial charge in [-0.2, -0.15) is 0 Å². The summed E-state index contributed by atoms with van der Waals surface area (Å²) in [5.74, 6) is 0. The quantitative estimate of drug-likeness (QED) is 0.418. The molecule has 0 N–H and O–H groups in total. The summed E-state index contributed by atoms with van der Waals surface area (Å²) >= 11 is 17.3. The van der Waals surface area contributed by atoms with Gasteiger partial charge in [-0.15, -0.1) is 0 Å². The molecule has 0 aliphatic carbocycles. The molecule has 0 aromatic rings. The summed E-state index contributed by atoms with van der Waals surface area (Å²) in [6.45, 7) is 2.15. The molecule has 0 saturated carbocycles. The Bertz CT molecular complexity index is 72.7. The molecule has 0 heterocycles. The molecule has 5 heteroatoms. The fourth-order valence-electron chi connectivity index (χ4n) is 0.332. The van der Waals surface area contributed by atoms with Gasteiger partial charge in [0.1, 0.15) is 0 Å². The van der Waals surface area contributed by atoms with Crippen molar-refractivity contribution in [2.45, 2.75) is 25.1 Å². The molecular weight excluding hydrogens is 261 g/mol. The van der Waals surface area contributed by atoms with Crippen LogP contribution in [0.1, 0.15) is 19.8 Å². The number of unbranched alkanes of at least 4 members (excludes halogenated alkanes) is 1. The first-order valence-corrected chi connectivity index (χ1v) is 11.5. The Kier molecular flexibility index (Phi) is 6.22. The SMILES string of the molecule is CCCC[Se][Si](Cl)(Cl)Cl. The first-order valence-electron chi connectivity index (χ1n) is 2.77. The molecule has 0 aliphatic heterocycles. The van der Waals surface area contributed by atoms with Gasteiger partial charge in [0, 0.05) is 0 Å². The first kappa shape index (κ1) is 10.6. The van der Waals surface area contributed by atoms with Gasteiger partial charge in [0.05, 0.1) is 0 Å². The van der Waals surface area contributed by atoms with E-state index in [1.807, 2.05) is 0 Å². The molecule has 0 atom stereocenters. The molecule has 0 aliphatic rings. The van der Waals surface area contributed by atoms with Crippen molar-refractivity contribution in [1.82, 2.24) is 0 Å². The molecule has 0 bridgehead atoms. The van der Waals surface area contributed by atoms with Crippen LogP contribution in [0.5, 0.6) is 0 Å². The third-order valence-corrected chi connectivity index (χ3v) is 10.3. The van der Waals surface area contributed by atoms with Crippen molar-refractivity contribution in [2.75, 3.05) is 0 Å². The standard InChI is InChI=1S/C4H9Cl3SeSi/c1-2-3-4-8-9(5,6)7/h2-4H2,1H3. The van der Waals surface area contributed by atoms with Crippen LogP contribution in [0.3, 0.4) is 0 Å². The predicted octanol–water partition coefficient (Wildman–Crippen LogP) is 3.06. The van der Waals surface area contributed by atoms with E-state index < -0.39 is 4.61 Å². The maximum absolute atomic E-state index is 5.67. The molecule has 56 valence electrons. The number of rotatable bonds is 4. The van der Waals surface area contributed by atoms with Gasteiger partial charge in [-0.25, -0.2) is 0 Å². The molecule has 9 heavy (non-hydrogen) atoms. The molecule has 0 amide bonds. The van der Waals surface area contributed by atoms with Crippen LogP contribution in [0, 0.1) is 0 Å². The van der Waals surface area contributed by atoms with Gasteiger partial charge in [-0.05, 0) is 0 Å². The van der Waals surface area contributed by atoms with E-state index in [9.17, 15) is 0 Å². The average Bonchev–Trinajstić information content (AvgIpc) is 1.63. The number of hydrogen-bond acceptors (Lipinski definition) is 0. The third kappa shape index (κ3) is 9.61. The summed E-state index contributed by atoms with van der Waals surface area (Å²) in [6, 6.07) is 0. The van der Waals surface area contributed by atoms with E-state index in [1.165, 1.54) is 12.8 Å². The van der Waals surface area contributed by atoms with Gasteiger partial charge < -0.3 is 0 Å². The van der Waals surface area contributed by atoms with Gasteiger partial charge in [0.25, 0.3) is 0 Å². The molecule has 0 spiro atoms. The van der Waals surface area contributed by atoms with Gasteiger partial charge in [-0.1, -0.05) is 0 Å². The Morgan fingerprint density at radius 1 is 1.33 bits per heavy atom. The van der Waals surface area contributed by atoms with E-state index in [-0.39, 0.29) is 0 Å². The molecule has 0 unspecified atom stereocenters. The Labute approximate surface area is 77.0 Å². The summed E-state index contributed by atoms with van der Waals surface area (Å²) in [5, 5.41) is 1.13.